The van der Waals surface area contributed by atoms with Crippen LogP contribution in [0.3, 0.4) is 0 Å². The number of hydrogen-bond acceptors (Lipinski definition) is 3. The third-order valence-electron chi connectivity index (χ3n) is 6.91. The molecule has 0 fully saturated rings. The van der Waals surface area contributed by atoms with Crippen molar-refractivity contribution in [2.24, 2.45) is 0 Å². The molecule has 0 bridgehead atoms. The Labute approximate surface area is 227 Å². The van der Waals surface area contributed by atoms with Gasteiger partial charge in [0.25, 0.3) is 0 Å². The molecule has 5 rings (SSSR count). The van der Waals surface area contributed by atoms with Crippen molar-refractivity contribution in [3.05, 3.63) is 79.5 Å². The smallest absolute Gasteiger partial charge is 0.456 e. The molecule has 0 amide bonds. The van der Waals surface area contributed by atoms with Gasteiger partial charge in [-0.2, -0.15) is 4.58 Å². The molecular formula is C27H27Br2NO5P+. The zero-order valence-corrected chi connectivity index (χ0v) is 24.3. The van der Waals surface area contributed by atoms with Gasteiger partial charge in [-0.05, 0) is 97.5 Å². The molecule has 2 aromatic carbocycles. The van der Waals surface area contributed by atoms with E-state index in [1.807, 2.05) is 0 Å². The molecule has 2 heterocycles. The van der Waals surface area contributed by atoms with E-state index in [9.17, 15) is 14.4 Å². The van der Waals surface area contributed by atoms with E-state index in [-0.39, 0.29) is 11.2 Å². The summed E-state index contributed by atoms with van der Waals surface area (Å²) in [5.74, 6) is 1.36. The van der Waals surface area contributed by atoms with Crippen LogP contribution in [-0.4, -0.2) is 26.6 Å². The van der Waals surface area contributed by atoms with Gasteiger partial charge in [0.05, 0.1) is 9.89 Å². The van der Waals surface area contributed by atoms with Crippen LogP contribution in [0, 0.1) is 0 Å². The van der Waals surface area contributed by atoms with Crippen LogP contribution in [0.25, 0.3) is 6.08 Å². The number of rotatable bonds is 5. The van der Waals surface area contributed by atoms with Crippen molar-refractivity contribution in [1.29, 1.82) is 0 Å². The van der Waals surface area contributed by atoms with Gasteiger partial charge in [0.15, 0.2) is 5.71 Å². The summed E-state index contributed by atoms with van der Waals surface area (Å²) in [5, 5.41) is 0. The molecule has 3 aliphatic rings. The lowest BCUT2D eigenvalue weighted by atomic mass is 9.81. The minimum absolute atomic E-state index is 0.0400. The predicted molar refractivity (Wildman–Crippen MR) is 148 cm³/mol. The first-order valence-corrected chi connectivity index (χ1v) is 14.9. The highest BCUT2D eigenvalue weighted by Crippen LogP contribution is 2.47. The van der Waals surface area contributed by atoms with Crippen LogP contribution in [-0.2, 0) is 9.98 Å². The van der Waals surface area contributed by atoms with Gasteiger partial charge in [-0.15, -0.1) is 0 Å². The minimum atomic E-state index is -4.70. The van der Waals surface area contributed by atoms with E-state index in [2.05, 4.69) is 93.6 Å². The van der Waals surface area contributed by atoms with E-state index in [0.717, 1.165) is 52.7 Å². The summed E-state index contributed by atoms with van der Waals surface area (Å²) in [5.41, 5.74) is 6.69. The van der Waals surface area contributed by atoms with Crippen LogP contribution >= 0.6 is 39.7 Å². The Bertz CT molecular complexity index is 1450. The molecule has 2 N–H and O–H groups in total. The second kappa shape index (κ2) is 9.41. The number of halogens is 2. The van der Waals surface area contributed by atoms with Crippen molar-refractivity contribution >= 4 is 57.2 Å². The van der Waals surface area contributed by atoms with Crippen molar-refractivity contribution in [3.8, 4) is 11.5 Å². The first-order valence-electron chi connectivity index (χ1n) is 11.8. The number of ether oxygens (including phenoxy) is 1. The number of benzene rings is 2. The maximum absolute atomic E-state index is 11.4. The Morgan fingerprint density at radius 1 is 1.17 bits per heavy atom. The largest absolute Gasteiger partial charge is 0.524 e. The van der Waals surface area contributed by atoms with E-state index >= 15 is 0 Å². The van der Waals surface area contributed by atoms with Gasteiger partial charge in [-0.1, -0.05) is 15.9 Å². The predicted octanol–water partition coefficient (Wildman–Crippen LogP) is 7.55. The summed E-state index contributed by atoms with van der Waals surface area (Å²) in [6.45, 7) is 7.55. The van der Waals surface area contributed by atoms with E-state index in [4.69, 9.17) is 9.26 Å². The van der Waals surface area contributed by atoms with Gasteiger partial charge in [-0.25, -0.2) is 4.57 Å². The van der Waals surface area contributed by atoms with Crippen molar-refractivity contribution in [2.45, 2.75) is 45.4 Å². The third kappa shape index (κ3) is 4.70. The van der Waals surface area contributed by atoms with Crippen molar-refractivity contribution in [3.63, 3.8) is 0 Å². The van der Waals surface area contributed by atoms with E-state index in [1.54, 1.807) is 6.07 Å². The minimum Gasteiger partial charge on any atom is -0.456 e. The monoisotopic (exact) mass is 634 g/mol. The molecular weight excluding hydrogens is 609 g/mol. The summed E-state index contributed by atoms with van der Waals surface area (Å²) < 4.78 is 26.5. The normalized spacial score (nSPS) is 18.6. The first-order chi connectivity index (χ1) is 17.0. The van der Waals surface area contributed by atoms with Crippen molar-refractivity contribution < 1.29 is 28.2 Å². The number of phosphoric acid groups is 1. The van der Waals surface area contributed by atoms with Crippen LogP contribution in [0.15, 0.2) is 68.3 Å². The second-order valence-corrected chi connectivity index (χ2v) is 12.6. The van der Waals surface area contributed by atoms with Gasteiger partial charge in [0.1, 0.15) is 23.8 Å². The van der Waals surface area contributed by atoms with Crippen LogP contribution < -0.4 is 9.26 Å². The lowest BCUT2D eigenvalue weighted by Gasteiger charge is -2.27. The molecule has 6 nitrogen and oxygen atoms in total. The first kappa shape index (κ1) is 25.7. The summed E-state index contributed by atoms with van der Waals surface area (Å²) in [6, 6.07) is 9.75. The van der Waals surface area contributed by atoms with E-state index < -0.39 is 7.82 Å². The quantitative estimate of drug-likeness (QED) is 0.262. The highest BCUT2D eigenvalue weighted by Gasteiger charge is 2.44. The SMILES string of the molecule is CC[N+]1=C(/C=C/C2=C3Oc4cc(OP(=O)(O)O)c(Br)cc4C=C3CCC2)C(C)(C)c2cc(Br)ccc21. The fraction of sp³-hybridized carbons (Fsp3) is 0.296. The molecule has 0 spiro atoms. The van der Waals surface area contributed by atoms with Crippen LogP contribution in [0.1, 0.15) is 51.2 Å². The average Bonchev–Trinajstić information content (AvgIpc) is 3.01. The Morgan fingerprint density at radius 2 is 1.94 bits per heavy atom. The van der Waals surface area contributed by atoms with Crippen LogP contribution in [0.5, 0.6) is 11.5 Å². The van der Waals surface area contributed by atoms with Crippen LogP contribution in [0.2, 0.25) is 0 Å². The summed E-state index contributed by atoms with van der Waals surface area (Å²) in [4.78, 5) is 18.5. The standard InChI is InChI=1S/C27H26Br2NO5P/c1-4-30-22-10-9-19(28)14-20(22)27(2,3)25(30)11-8-16-6-5-7-17-12-18-13-21(29)24(35-36(31,32)33)15-23(18)34-26(16)17/h8-15H,4-7H2,1-3H3,(H-,31,32,33)/p+1/b11-8+. The number of phosphoric ester groups is 1. The molecule has 1 aliphatic carbocycles. The summed E-state index contributed by atoms with van der Waals surface area (Å²) >= 11 is 6.97. The Kier molecular flexibility index (Phi) is 6.71. The van der Waals surface area contributed by atoms with Crippen molar-refractivity contribution in [2.75, 3.05) is 6.54 Å². The van der Waals surface area contributed by atoms with Gasteiger partial charge >= 0.3 is 7.82 Å². The van der Waals surface area contributed by atoms with Crippen molar-refractivity contribution in [1.82, 2.24) is 0 Å². The molecule has 188 valence electrons. The molecule has 2 aromatic rings. The molecule has 0 aromatic heterocycles. The third-order valence-corrected chi connectivity index (χ3v) is 8.46. The molecule has 36 heavy (non-hydrogen) atoms. The highest BCUT2D eigenvalue weighted by atomic mass is 79.9. The van der Waals surface area contributed by atoms with E-state index in [0.29, 0.717) is 10.2 Å². The maximum atomic E-state index is 11.4. The van der Waals surface area contributed by atoms with Gasteiger partial charge in [0.2, 0.25) is 5.69 Å². The molecule has 0 unspecified atom stereocenters. The molecule has 9 heteroatoms. The average molecular weight is 636 g/mol. The topological polar surface area (TPSA) is 79.0 Å². The summed E-state index contributed by atoms with van der Waals surface area (Å²) in [7, 11) is -4.70. The fourth-order valence-corrected chi connectivity index (χ4v) is 6.58. The number of nitrogens with zero attached hydrogens (tertiary/aromatic N) is 1. The molecule has 0 radical (unpaired) electrons. The number of fused-ring (bicyclic) bond motifs is 3. The zero-order chi connectivity index (χ0) is 25.8. The number of allylic oxidation sites excluding steroid dienone is 4. The Morgan fingerprint density at radius 3 is 2.67 bits per heavy atom. The number of hydrogen-bond donors (Lipinski definition) is 2. The zero-order valence-electron chi connectivity index (χ0n) is 20.2. The lowest BCUT2D eigenvalue weighted by Crippen LogP contribution is -2.27. The van der Waals surface area contributed by atoms with E-state index in [1.165, 1.54) is 23.0 Å². The van der Waals surface area contributed by atoms with Gasteiger partial charge in [-0.3, -0.25) is 9.79 Å². The fourth-order valence-electron chi connectivity index (χ4n) is 5.25. The molecule has 0 saturated heterocycles. The molecule has 0 saturated carbocycles. The van der Waals surface area contributed by atoms with Gasteiger partial charge in [0, 0.05) is 33.8 Å². The van der Waals surface area contributed by atoms with Gasteiger partial charge < -0.3 is 9.26 Å². The van der Waals surface area contributed by atoms with Crippen LogP contribution in [0.4, 0.5) is 5.69 Å². The highest BCUT2D eigenvalue weighted by molar-refractivity contribution is 9.10. The molecule has 2 aliphatic heterocycles. The Hall–Kier alpha value is -1.96. The lowest BCUT2D eigenvalue weighted by molar-refractivity contribution is -0.433. The second-order valence-electron chi connectivity index (χ2n) is 9.63. The molecule has 0 atom stereocenters. The summed E-state index contributed by atoms with van der Waals surface area (Å²) in [6.07, 6.45) is 9.29. The Balaban J connectivity index is 1.53. The maximum Gasteiger partial charge on any atom is 0.524 e.